The molecule has 20 heavy (non-hydrogen) atoms. The Labute approximate surface area is 122 Å². The van der Waals surface area contributed by atoms with E-state index in [2.05, 4.69) is 17.9 Å². The molecule has 1 aliphatic heterocycles. The molecule has 0 spiro atoms. The second-order valence-corrected chi connectivity index (χ2v) is 8.07. The van der Waals surface area contributed by atoms with Crippen LogP contribution >= 0.6 is 0 Å². The Morgan fingerprint density at radius 1 is 1.20 bits per heavy atom. The number of rotatable bonds is 3. The van der Waals surface area contributed by atoms with E-state index in [-0.39, 0.29) is 5.92 Å². The molecular formula is C14H25N3O2S. The summed E-state index contributed by atoms with van der Waals surface area (Å²) in [6.45, 7) is 4.85. The van der Waals surface area contributed by atoms with Crippen LogP contribution in [0.15, 0.2) is 0 Å². The Hall–Kier alpha value is -0.640. The summed E-state index contributed by atoms with van der Waals surface area (Å²) in [7, 11) is -3.07. The van der Waals surface area contributed by atoms with Gasteiger partial charge >= 0.3 is 0 Å². The summed E-state index contributed by atoms with van der Waals surface area (Å²) in [6, 6.07) is 2.78. The first kappa shape index (κ1) is 15.7. The minimum atomic E-state index is -3.07. The second kappa shape index (κ2) is 6.42. The molecular weight excluding hydrogens is 274 g/mol. The third-order valence-corrected chi connectivity index (χ3v) is 6.18. The third kappa shape index (κ3) is 3.51. The third-order valence-electron chi connectivity index (χ3n) is 4.88. The fourth-order valence-electron chi connectivity index (χ4n) is 3.52. The van der Waals surface area contributed by atoms with Gasteiger partial charge in [-0.05, 0) is 25.2 Å². The number of hydrogen-bond donors (Lipinski definition) is 0. The molecule has 0 aromatic rings. The lowest BCUT2D eigenvalue weighted by Crippen LogP contribution is -2.54. The molecule has 2 aliphatic rings. The average Bonchev–Trinajstić information content (AvgIpc) is 2.45. The molecule has 0 radical (unpaired) electrons. The van der Waals surface area contributed by atoms with E-state index in [1.54, 1.807) is 4.31 Å². The van der Waals surface area contributed by atoms with Gasteiger partial charge in [-0.15, -0.1) is 0 Å². The van der Waals surface area contributed by atoms with Crippen LogP contribution in [0.3, 0.4) is 0 Å². The number of nitriles is 1. The van der Waals surface area contributed by atoms with E-state index in [1.807, 2.05) is 0 Å². The highest BCUT2D eigenvalue weighted by Crippen LogP contribution is 2.34. The molecule has 0 aromatic carbocycles. The van der Waals surface area contributed by atoms with E-state index in [0.29, 0.717) is 19.1 Å². The van der Waals surface area contributed by atoms with Gasteiger partial charge in [0.05, 0.1) is 18.2 Å². The van der Waals surface area contributed by atoms with Crippen molar-refractivity contribution in [2.75, 3.05) is 32.4 Å². The highest BCUT2D eigenvalue weighted by molar-refractivity contribution is 7.88. The van der Waals surface area contributed by atoms with Crippen molar-refractivity contribution in [2.24, 2.45) is 11.8 Å². The van der Waals surface area contributed by atoms with E-state index >= 15 is 0 Å². The van der Waals surface area contributed by atoms with E-state index < -0.39 is 10.0 Å². The summed E-state index contributed by atoms with van der Waals surface area (Å²) >= 11 is 0. The van der Waals surface area contributed by atoms with Crippen LogP contribution < -0.4 is 0 Å². The fourth-order valence-corrected chi connectivity index (χ4v) is 4.35. The second-order valence-electron chi connectivity index (χ2n) is 6.09. The van der Waals surface area contributed by atoms with Crippen LogP contribution in [0.4, 0.5) is 0 Å². The van der Waals surface area contributed by atoms with Crippen molar-refractivity contribution < 1.29 is 8.42 Å². The van der Waals surface area contributed by atoms with Gasteiger partial charge in [-0.25, -0.2) is 8.42 Å². The van der Waals surface area contributed by atoms with E-state index in [9.17, 15) is 13.7 Å². The van der Waals surface area contributed by atoms with Gasteiger partial charge in [0.1, 0.15) is 0 Å². The number of nitrogens with zero attached hydrogens (tertiary/aromatic N) is 3. The predicted octanol–water partition coefficient (Wildman–Crippen LogP) is 1.28. The Kier molecular flexibility index (Phi) is 5.05. The van der Waals surface area contributed by atoms with E-state index in [1.165, 1.54) is 12.7 Å². The first-order chi connectivity index (χ1) is 9.45. The van der Waals surface area contributed by atoms with Crippen LogP contribution in [-0.4, -0.2) is 56.1 Å². The SMILES string of the molecule is CCC1CCC(C#N)C(N2CCN(S(C)(=O)=O)CC2)C1. The summed E-state index contributed by atoms with van der Waals surface area (Å²) < 4.78 is 24.6. The zero-order chi connectivity index (χ0) is 14.8. The highest BCUT2D eigenvalue weighted by atomic mass is 32.2. The molecule has 1 aliphatic carbocycles. The lowest BCUT2D eigenvalue weighted by Gasteiger charge is -2.43. The maximum absolute atomic E-state index is 11.5. The van der Waals surface area contributed by atoms with Crippen LogP contribution in [-0.2, 0) is 10.0 Å². The quantitative estimate of drug-likeness (QED) is 0.787. The maximum atomic E-state index is 11.5. The molecule has 1 saturated heterocycles. The van der Waals surface area contributed by atoms with Crippen molar-refractivity contribution in [1.29, 1.82) is 5.26 Å². The number of sulfonamides is 1. The molecule has 0 bridgehead atoms. The van der Waals surface area contributed by atoms with Crippen LogP contribution in [0.25, 0.3) is 0 Å². The molecule has 1 saturated carbocycles. The topological polar surface area (TPSA) is 64.4 Å². The first-order valence-electron chi connectivity index (χ1n) is 7.54. The number of piperazine rings is 1. The van der Waals surface area contributed by atoms with Crippen molar-refractivity contribution in [2.45, 2.75) is 38.6 Å². The van der Waals surface area contributed by atoms with Gasteiger partial charge in [-0.3, -0.25) is 4.90 Å². The Morgan fingerprint density at radius 2 is 1.85 bits per heavy atom. The van der Waals surface area contributed by atoms with Gasteiger partial charge in [0.2, 0.25) is 10.0 Å². The first-order valence-corrected chi connectivity index (χ1v) is 9.39. The molecule has 2 fully saturated rings. The Bertz CT molecular complexity index is 463. The zero-order valence-electron chi connectivity index (χ0n) is 12.5. The lowest BCUT2D eigenvalue weighted by atomic mass is 9.77. The van der Waals surface area contributed by atoms with E-state index in [4.69, 9.17) is 0 Å². The van der Waals surface area contributed by atoms with Crippen LogP contribution in [0.1, 0.15) is 32.6 Å². The van der Waals surface area contributed by atoms with E-state index in [0.717, 1.165) is 38.3 Å². The van der Waals surface area contributed by atoms with Gasteiger partial charge in [0.15, 0.2) is 0 Å². The fraction of sp³-hybridized carbons (Fsp3) is 0.929. The van der Waals surface area contributed by atoms with Crippen LogP contribution in [0.2, 0.25) is 0 Å². The summed E-state index contributed by atoms with van der Waals surface area (Å²) in [5, 5.41) is 9.35. The van der Waals surface area contributed by atoms with Gasteiger partial charge in [-0.2, -0.15) is 9.57 Å². The van der Waals surface area contributed by atoms with Gasteiger partial charge < -0.3 is 0 Å². The van der Waals surface area contributed by atoms with Crippen LogP contribution in [0.5, 0.6) is 0 Å². The van der Waals surface area contributed by atoms with Crippen molar-refractivity contribution in [3.8, 4) is 6.07 Å². The molecule has 5 nitrogen and oxygen atoms in total. The largest absolute Gasteiger partial charge is 0.296 e. The molecule has 2 rings (SSSR count). The van der Waals surface area contributed by atoms with Crippen LogP contribution in [0, 0.1) is 23.2 Å². The minimum Gasteiger partial charge on any atom is -0.296 e. The Morgan fingerprint density at radius 3 is 2.35 bits per heavy atom. The minimum absolute atomic E-state index is 0.114. The van der Waals surface area contributed by atoms with Crippen molar-refractivity contribution in [3.05, 3.63) is 0 Å². The lowest BCUT2D eigenvalue weighted by molar-refractivity contribution is 0.0704. The molecule has 6 heteroatoms. The molecule has 3 unspecified atom stereocenters. The zero-order valence-corrected chi connectivity index (χ0v) is 13.3. The molecule has 1 heterocycles. The van der Waals surface area contributed by atoms with Gasteiger partial charge in [0.25, 0.3) is 0 Å². The van der Waals surface area contributed by atoms with Gasteiger partial charge in [0, 0.05) is 32.2 Å². The monoisotopic (exact) mass is 299 g/mol. The number of hydrogen-bond acceptors (Lipinski definition) is 4. The molecule has 0 N–H and O–H groups in total. The average molecular weight is 299 g/mol. The smallest absolute Gasteiger partial charge is 0.211 e. The normalized spacial score (nSPS) is 33.8. The Balaban J connectivity index is 1.99. The standard InChI is InChI=1S/C14H25N3O2S/c1-3-12-4-5-13(11-15)14(10-12)16-6-8-17(9-7-16)20(2,18)19/h12-14H,3-10H2,1-2H3. The molecule has 114 valence electrons. The summed E-state index contributed by atoms with van der Waals surface area (Å²) in [6.07, 6.45) is 5.69. The summed E-state index contributed by atoms with van der Waals surface area (Å²) in [5.74, 6) is 0.833. The molecule has 0 amide bonds. The van der Waals surface area contributed by atoms with Crippen molar-refractivity contribution in [1.82, 2.24) is 9.21 Å². The molecule has 0 aromatic heterocycles. The predicted molar refractivity (Wildman–Crippen MR) is 78.5 cm³/mol. The summed E-state index contributed by atoms with van der Waals surface area (Å²) in [4.78, 5) is 2.34. The van der Waals surface area contributed by atoms with Gasteiger partial charge in [-0.1, -0.05) is 13.3 Å². The molecule has 3 atom stereocenters. The van der Waals surface area contributed by atoms with Crippen molar-refractivity contribution in [3.63, 3.8) is 0 Å². The summed E-state index contributed by atoms with van der Waals surface area (Å²) in [5.41, 5.74) is 0. The van der Waals surface area contributed by atoms with Crippen molar-refractivity contribution >= 4 is 10.0 Å². The highest BCUT2D eigenvalue weighted by Gasteiger charge is 2.36. The maximum Gasteiger partial charge on any atom is 0.211 e.